The van der Waals surface area contributed by atoms with E-state index in [-0.39, 0.29) is 18.4 Å². The molecule has 0 spiro atoms. The standard InChI is InChI=1S/C14H17N3O2/c1-2-10(16-8-14(15)19)12-7-13(18)9-5-3-4-6-11(9)17-12/h3-6,10,16H,2,7-8H2,1H3,(H2,15,19). The summed E-state index contributed by atoms with van der Waals surface area (Å²) in [6.45, 7) is 2.07. The minimum atomic E-state index is -0.415. The lowest BCUT2D eigenvalue weighted by molar-refractivity contribution is -0.117. The van der Waals surface area contributed by atoms with Crippen molar-refractivity contribution < 1.29 is 9.59 Å². The molecule has 19 heavy (non-hydrogen) atoms. The van der Waals surface area contributed by atoms with Gasteiger partial charge in [0.25, 0.3) is 0 Å². The fraction of sp³-hybridized carbons (Fsp3) is 0.357. The number of fused-ring (bicyclic) bond motifs is 1. The molecule has 5 nitrogen and oxygen atoms in total. The largest absolute Gasteiger partial charge is 0.369 e. The number of ketones is 1. The molecule has 1 heterocycles. The van der Waals surface area contributed by atoms with Crippen LogP contribution >= 0.6 is 0 Å². The van der Waals surface area contributed by atoms with Crippen LogP contribution in [0.15, 0.2) is 29.3 Å². The first kappa shape index (κ1) is 13.4. The highest BCUT2D eigenvalue weighted by atomic mass is 16.1. The number of primary amides is 1. The van der Waals surface area contributed by atoms with Crippen molar-refractivity contribution in [3.63, 3.8) is 0 Å². The highest BCUT2D eigenvalue weighted by Gasteiger charge is 2.24. The van der Waals surface area contributed by atoms with Crippen molar-refractivity contribution in [1.82, 2.24) is 5.32 Å². The Bertz CT molecular complexity index is 537. The van der Waals surface area contributed by atoms with Gasteiger partial charge in [-0.3, -0.25) is 14.6 Å². The van der Waals surface area contributed by atoms with Crippen LogP contribution in [0.4, 0.5) is 5.69 Å². The number of benzene rings is 1. The highest BCUT2D eigenvalue weighted by molar-refractivity contribution is 6.17. The topological polar surface area (TPSA) is 84.5 Å². The van der Waals surface area contributed by atoms with Crippen molar-refractivity contribution in [2.45, 2.75) is 25.8 Å². The summed E-state index contributed by atoms with van der Waals surface area (Å²) in [7, 11) is 0. The zero-order chi connectivity index (χ0) is 13.8. The van der Waals surface area contributed by atoms with Crippen molar-refractivity contribution in [2.75, 3.05) is 6.54 Å². The number of aliphatic imine (C=N–C) groups is 1. The average Bonchev–Trinajstić information content (AvgIpc) is 2.39. The molecule has 1 unspecified atom stereocenters. The Balaban J connectivity index is 2.23. The molecule has 0 saturated heterocycles. The third kappa shape index (κ3) is 3.06. The molecule has 0 bridgehead atoms. The van der Waals surface area contributed by atoms with Gasteiger partial charge in [-0.25, -0.2) is 0 Å². The Morgan fingerprint density at radius 3 is 2.89 bits per heavy atom. The zero-order valence-corrected chi connectivity index (χ0v) is 10.8. The van der Waals surface area contributed by atoms with Gasteiger partial charge < -0.3 is 11.1 Å². The van der Waals surface area contributed by atoms with Crippen LogP contribution < -0.4 is 11.1 Å². The van der Waals surface area contributed by atoms with Crippen LogP contribution in [0, 0.1) is 0 Å². The third-order valence-corrected chi connectivity index (χ3v) is 3.14. The van der Waals surface area contributed by atoms with E-state index >= 15 is 0 Å². The summed E-state index contributed by atoms with van der Waals surface area (Å²) in [4.78, 5) is 27.4. The number of carbonyl (C=O) groups excluding carboxylic acids is 2. The fourth-order valence-corrected chi connectivity index (χ4v) is 2.18. The maximum atomic E-state index is 12.1. The number of nitrogens with two attached hydrogens (primary N) is 1. The summed E-state index contributed by atoms with van der Waals surface area (Å²) in [5.41, 5.74) is 7.26. The normalized spacial score (nSPS) is 15.6. The average molecular weight is 259 g/mol. The lowest BCUT2D eigenvalue weighted by atomic mass is 9.95. The zero-order valence-electron chi connectivity index (χ0n) is 10.8. The minimum absolute atomic E-state index is 0.0694. The summed E-state index contributed by atoms with van der Waals surface area (Å²) in [5, 5.41) is 3.03. The summed E-state index contributed by atoms with van der Waals surface area (Å²) in [6.07, 6.45) is 1.04. The Labute approximate surface area is 111 Å². The molecule has 0 aliphatic carbocycles. The minimum Gasteiger partial charge on any atom is -0.369 e. The van der Waals surface area contributed by atoms with Gasteiger partial charge in [0.15, 0.2) is 5.78 Å². The molecular formula is C14H17N3O2. The highest BCUT2D eigenvalue weighted by Crippen LogP contribution is 2.26. The van der Waals surface area contributed by atoms with Gasteiger partial charge >= 0.3 is 0 Å². The number of para-hydroxylation sites is 1. The van der Waals surface area contributed by atoms with E-state index in [0.717, 1.165) is 12.1 Å². The number of hydrogen-bond acceptors (Lipinski definition) is 4. The molecule has 2 rings (SSSR count). The van der Waals surface area contributed by atoms with Crippen molar-refractivity contribution in [2.24, 2.45) is 10.7 Å². The van der Waals surface area contributed by atoms with Crippen LogP contribution in [0.1, 0.15) is 30.1 Å². The Hall–Kier alpha value is -2.01. The Kier molecular flexibility index (Phi) is 4.06. The number of nitrogens with one attached hydrogen (secondary N) is 1. The number of amides is 1. The SMILES string of the molecule is CCC(NCC(N)=O)C1=Nc2ccccc2C(=O)C1. The number of Topliss-reactive ketones (excluding diaryl/α,β-unsaturated/α-hetero) is 1. The molecule has 0 fully saturated rings. The van der Waals surface area contributed by atoms with E-state index in [1.165, 1.54) is 0 Å². The van der Waals surface area contributed by atoms with E-state index in [1.54, 1.807) is 6.07 Å². The molecule has 1 aliphatic rings. The predicted octanol–water partition coefficient (Wildman–Crippen LogP) is 1.20. The van der Waals surface area contributed by atoms with Gasteiger partial charge in [0.1, 0.15) is 0 Å². The molecular weight excluding hydrogens is 242 g/mol. The van der Waals surface area contributed by atoms with Crippen LogP contribution in [-0.4, -0.2) is 30.0 Å². The van der Waals surface area contributed by atoms with Crippen LogP contribution in [0.3, 0.4) is 0 Å². The molecule has 1 atom stereocenters. The first-order valence-electron chi connectivity index (χ1n) is 6.33. The first-order valence-corrected chi connectivity index (χ1v) is 6.33. The summed E-state index contributed by atoms with van der Waals surface area (Å²) < 4.78 is 0. The summed E-state index contributed by atoms with van der Waals surface area (Å²) in [6, 6.07) is 7.21. The van der Waals surface area contributed by atoms with Gasteiger partial charge in [-0.15, -0.1) is 0 Å². The summed E-state index contributed by atoms with van der Waals surface area (Å²) in [5.74, 6) is -0.346. The molecule has 1 aromatic carbocycles. The van der Waals surface area contributed by atoms with Crippen molar-refractivity contribution in [3.8, 4) is 0 Å². The molecule has 3 N–H and O–H groups in total. The number of nitrogens with zero attached hydrogens (tertiary/aromatic N) is 1. The monoisotopic (exact) mass is 259 g/mol. The van der Waals surface area contributed by atoms with Crippen LogP contribution in [0.25, 0.3) is 0 Å². The van der Waals surface area contributed by atoms with E-state index in [9.17, 15) is 9.59 Å². The van der Waals surface area contributed by atoms with Gasteiger partial charge in [-0.2, -0.15) is 0 Å². The second kappa shape index (κ2) is 5.75. The predicted molar refractivity (Wildman–Crippen MR) is 73.8 cm³/mol. The number of carbonyl (C=O) groups is 2. The lowest BCUT2D eigenvalue weighted by Crippen LogP contribution is -2.42. The fourth-order valence-electron chi connectivity index (χ4n) is 2.18. The van der Waals surface area contributed by atoms with Crippen molar-refractivity contribution in [3.05, 3.63) is 29.8 Å². The Morgan fingerprint density at radius 2 is 2.21 bits per heavy atom. The molecule has 1 amide bonds. The third-order valence-electron chi connectivity index (χ3n) is 3.14. The molecule has 100 valence electrons. The smallest absolute Gasteiger partial charge is 0.231 e. The van der Waals surface area contributed by atoms with E-state index in [4.69, 9.17) is 5.73 Å². The van der Waals surface area contributed by atoms with Gasteiger partial charge in [-0.1, -0.05) is 19.1 Å². The number of rotatable bonds is 5. The van der Waals surface area contributed by atoms with E-state index in [1.807, 2.05) is 25.1 Å². The molecule has 0 saturated carbocycles. The first-order chi connectivity index (χ1) is 9.11. The molecule has 1 aromatic rings. The van der Waals surface area contributed by atoms with Gasteiger partial charge in [-0.05, 0) is 18.6 Å². The van der Waals surface area contributed by atoms with E-state index in [2.05, 4.69) is 10.3 Å². The molecule has 0 aromatic heterocycles. The maximum Gasteiger partial charge on any atom is 0.231 e. The van der Waals surface area contributed by atoms with E-state index in [0.29, 0.717) is 17.7 Å². The van der Waals surface area contributed by atoms with Gasteiger partial charge in [0.05, 0.1) is 18.7 Å². The molecule has 0 radical (unpaired) electrons. The second-order valence-electron chi connectivity index (χ2n) is 4.53. The van der Waals surface area contributed by atoms with Crippen molar-refractivity contribution >= 4 is 23.1 Å². The second-order valence-corrected chi connectivity index (χ2v) is 4.53. The molecule has 1 aliphatic heterocycles. The number of hydrogen-bond donors (Lipinski definition) is 2. The quantitative estimate of drug-likeness (QED) is 0.833. The van der Waals surface area contributed by atoms with E-state index < -0.39 is 5.91 Å². The Morgan fingerprint density at radius 1 is 1.47 bits per heavy atom. The van der Waals surface area contributed by atoms with Gasteiger partial charge in [0.2, 0.25) is 5.91 Å². The summed E-state index contributed by atoms with van der Waals surface area (Å²) >= 11 is 0. The maximum absolute atomic E-state index is 12.1. The van der Waals surface area contributed by atoms with Crippen LogP contribution in [0.2, 0.25) is 0 Å². The van der Waals surface area contributed by atoms with Crippen LogP contribution in [0.5, 0.6) is 0 Å². The molecule has 5 heteroatoms. The van der Waals surface area contributed by atoms with Gasteiger partial charge in [0, 0.05) is 17.3 Å². The lowest BCUT2D eigenvalue weighted by Gasteiger charge is -2.22. The van der Waals surface area contributed by atoms with Crippen LogP contribution in [-0.2, 0) is 4.79 Å². The van der Waals surface area contributed by atoms with Crippen molar-refractivity contribution in [1.29, 1.82) is 0 Å².